The highest BCUT2D eigenvalue weighted by Crippen LogP contribution is 2.33. The maximum atomic E-state index is 11.7. The molecule has 1 amide bonds. The number of nitrogens with zero attached hydrogens (tertiary/aromatic N) is 4. The molecule has 3 heterocycles. The van der Waals surface area contributed by atoms with Crippen LogP contribution in [0.2, 0.25) is 0 Å². The predicted molar refractivity (Wildman–Crippen MR) is 80.3 cm³/mol. The van der Waals surface area contributed by atoms with Crippen LogP contribution in [0.25, 0.3) is 11.2 Å². The molecule has 130 valence electrons. The van der Waals surface area contributed by atoms with E-state index >= 15 is 0 Å². The first-order valence-electron chi connectivity index (χ1n) is 7.36. The Hall–Kier alpha value is -2.34. The molecule has 1 saturated heterocycles. The van der Waals surface area contributed by atoms with E-state index in [9.17, 15) is 20.1 Å². The SMILES string of the molecule is CCNC(=O)C(O)[C@H]1O[C@@H](n2cnc3c(N)ncnc32)[C@H](O)[C@@H]1O. The van der Waals surface area contributed by atoms with Crippen LogP contribution in [0.4, 0.5) is 5.82 Å². The first-order valence-corrected chi connectivity index (χ1v) is 7.36. The molecule has 0 spiro atoms. The number of nitrogens with one attached hydrogen (secondary N) is 1. The molecule has 0 aromatic carbocycles. The van der Waals surface area contributed by atoms with Crippen molar-refractivity contribution in [3.05, 3.63) is 12.7 Å². The van der Waals surface area contributed by atoms with Gasteiger partial charge in [-0.25, -0.2) is 15.0 Å². The van der Waals surface area contributed by atoms with Crippen LogP contribution >= 0.6 is 0 Å². The minimum atomic E-state index is -1.63. The Kier molecular flexibility index (Phi) is 4.32. The largest absolute Gasteiger partial charge is 0.387 e. The van der Waals surface area contributed by atoms with Crippen LogP contribution < -0.4 is 11.1 Å². The smallest absolute Gasteiger partial charge is 0.251 e. The minimum absolute atomic E-state index is 0.158. The molecule has 0 saturated carbocycles. The Morgan fingerprint density at radius 1 is 1.42 bits per heavy atom. The molecular formula is C13H18N6O5. The molecule has 11 nitrogen and oxygen atoms in total. The molecular weight excluding hydrogens is 320 g/mol. The Bertz CT molecular complexity index is 752. The first kappa shape index (κ1) is 16.5. The van der Waals surface area contributed by atoms with E-state index in [-0.39, 0.29) is 5.82 Å². The molecule has 2 aromatic rings. The lowest BCUT2D eigenvalue weighted by atomic mass is 10.1. The highest BCUT2D eigenvalue weighted by molar-refractivity contribution is 5.82. The van der Waals surface area contributed by atoms with Crippen LogP contribution in [0.3, 0.4) is 0 Å². The molecule has 2 aromatic heterocycles. The number of ether oxygens (including phenoxy) is 1. The van der Waals surface area contributed by atoms with Gasteiger partial charge in [-0.2, -0.15) is 0 Å². The number of fused-ring (bicyclic) bond motifs is 1. The van der Waals surface area contributed by atoms with Gasteiger partial charge in [0.25, 0.3) is 5.91 Å². The number of hydrogen-bond donors (Lipinski definition) is 5. The van der Waals surface area contributed by atoms with Crippen molar-refractivity contribution in [3.63, 3.8) is 0 Å². The van der Waals surface area contributed by atoms with E-state index < -0.39 is 36.6 Å². The van der Waals surface area contributed by atoms with Crippen LogP contribution in [0.5, 0.6) is 0 Å². The normalized spacial score (nSPS) is 28.2. The van der Waals surface area contributed by atoms with E-state index in [0.717, 1.165) is 0 Å². The van der Waals surface area contributed by atoms with E-state index in [2.05, 4.69) is 20.3 Å². The summed E-state index contributed by atoms with van der Waals surface area (Å²) in [7, 11) is 0. The zero-order valence-corrected chi connectivity index (χ0v) is 12.8. The monoisotopic (exact) mass is 338 g/mol. The fourth-order valence-electron chi connectivity index (χ4n) is 2.66. The Balaban J connectivity index is 1.89. The summed E-state index contributed by atoms with van der Waals surface area (Å²) in [4.78, 5) is 23.6. The number of amides is 1. The number of anilines is 1. The van der Waals surface area contributed by atoms with Gasteiger partial charge in [-0.3, -0.25) is 9.36 Å². The van der Waals surface area contributed by atoms with E-state index in [4.69, 9.17) is 10.5 Å². The number of carbonyl (C=O) groups is 1. The number of aromatic nitrogens is 4. The van der Waals surface area contributed by atoms with Crippen LogP contribution in [0, 0.1) is 0 Å². The van der Waals surface area contributed by atoms with E-state index in [0.29, 0.717) is 17.7 Å². The average molecular weight is 338 g/mol. The van der Waals surface area contributed by atoms with Crippen molar-refractivity contribution >= 4 is 22.9 Å². The van der Waals surface area contributed by atoms with E-state index in [1.54, 1.807) is 6.92 Å². The highest BCUT2D eigenvalue weighted by atomic mass is 16.6. The summed E-state index contributed by atoms with van der Waals surface area (Å²) in [6, 6.07) is 0. The second-order valence-corrected chi connectivity index (χ2v) is 5.39. The molecule has 1 unspecified atom stereocenters. The van der Waals surface area contributed by atoms with Gasteiger partial charge in [-0.05, 0) is 6.92 Å². The number of likely N-dealkylation sites (N-methyl/N-ethyl adjacent to an activating group) is 1. The standard InChI is InChI=1S/C13H18N6O5/c1-2-15-12(23)8(22)9-6(20)7(21)13(24-9)19-4-18-5-10(14)16-3-17-11(5)19/h3-4,6-9,13,20-22H,2H2,1H3,(H,15,23)(H2,14,16,17)/t6-,7+,8?,9-,13+/m0/s1. The zero-order valence-electron chi connectivity index (χ0n) is 12.8. The van der Waals surface area contributed by atoms with Crippen LogP contribution in [0.1, 0.15) is 13.2 Å². The Labute approximate surface area is 136 Å². The topological polar surface area (TPSA) is 169 Å². The molecule has 3 rings (SSSR count). The lowest BCUT2D eigenvalue weighted by Crippen LogP contribution is -2.47. The molecule has 11 heteroatoms. The third-order valence-electron chi connectivity index (χ3n) is 3.87. The van der Waals surface area contributed by atoms with E-state index in [1.165, 1.54) is 17.2 Å². The number of aliphatic hydroxyl groups excluding tert-OH is 3. The number of hydrogen-bond acceptors (Lipinski definition) is 9. The van der Waals surface area contributed by atoms with Crippen molar-refractivity contribution < 1.29 is 24.9 Å². The summed E-state index contributed by atoms with van der Waals surface area (Å²) < 4.78 is 6.89. The van der Waals surface area contributed by atoms with Gasteiger partial charge < -0.3 is 31.1 Å². The van der Waals surface area contributed by atoms with Gasteiger partial charge in [0.2, 0.25) is 0 Å². The van der Waals surface area contributed by atoms with Gasteiger partial charge in [-0.15, -0.1) is 0 Å². The van der Waals surface area contributed by atoms with Crippen molar-refractivity contribution in [1.29, 1.82) is 0 Å². The van der Waals surface area contributed by atoms with Crippen molar-refractivity contribution in [2.75, 3.05) is 12.3 Å². The Morgan fingerprint density at radius 2 is 2.17 bits per heavy atom. The van der Waals surface area contributed by atoms with Crippen molar-refractivity contribution in [1.82, 2.24) is 24.8 Å². The highest BCUT2D eigenvalue weighted by Gasteiger charge is 2.49. The number of nitrogens with two attached hydrogens (primary N) is 1. The van der Waals surface area contributed by atoms with Gasteiger partial charge in [0.15, 0.2) is 23.8 Å². The summed E-state index contributed by atoms with van der Waals surface area (Å²) in [5.74, 6) is -0.540. The van der Waals surface area contributed by atoms with Crippen molar-refractivity contribution in [2.45, 2.75) is 37.6 Å². The number of aliphatic hydroxyl groups is 3. The maximum absolute atomic E-state index is 11.7. The first-order chi connectivity index (χ1) is 11.5. The third-order valence-corrected chi connectivity index (χ3v) is 3.87. The quantitative estimate of drug-likeness (QED) is 0.405. The van der Waals surface area contributed by atoms with Crippen LogP contribution in [-0.2, 0) is 9.53 Å². The predicted octanol–water partition coefficient (Wildman–Crippen LogP) is -2.48. The summed E-state index contributed by atoms with van der Waals surface area (Å²) >= 11 is 0. The molecule has 1 aliphatic rings. The molecule has 0 bridgehead atoms. The lowest BCUT2D eigenvalue weighted by molar-refractivity contribution is -0.143. The number of carbonyl (C=O) groups excluding carboxylic acids is 1. The maximum Gasteiger partial charge on any atom is 0.251 e. The Morgan fingerprint density at radius 3 is 2.88 bits per heavy atom. The lowest BCUT2D eigenvalue weighted by Gasteiger charge is -2.20. The summed E-state index contributed by atoms with van der Waals surface area (Å²) in [5.41, 5.74) is 6.32. The van der Waals surface area contributed by atoms with Crippen molar-refractivity contribution in [3.8, 4) is 0 Å². The number of nitrogen functional groups attached to an aromatic ring is 1. The molecule has 0 radical (unpaired) electrons. The third kappa shape index (κ3) is 2.57. The molecule has 0 aliphatic carbocycles. The second kappa shape index (κ2) is 6.28. The van der Waals surface area contributed by atoms with Gasteiger partial charge >= 0.3 is 0 Å². The van der Waals surface area contributed by atoms with Gasteiger partial charge in [-0.1, -0.05) is 0 Å². The summed E-state index contributed by atoms with van der Waals surface area (Å²) in [5, 5.41) is 32.8. The zero-order chi connectivity index (χ0) is 17.4. The van der Waals surface area contributed by atoms with Gasteiger partial charge in [0, 0.05) is 6.54 Å². The summed E-state index contributed by atoms with van der Waals surface area (Å²) in [6.07, 6.45) is -4.32. The molecule has 1 aliphatic heterocycles. The molecule has 24 heavy (non-hydrogen) atoms. The van der Waals surface area contributed by atoms with Gasteiger partial charge in [0.05, 0.1) is 6.33 Å². The fraction of sp³-hybridized carbons (Fsp3) is 0.538. The van der Waals surface area contributed by atoms with Crippen molar-refractivity contribution in [2.24, 2.45) is 0 Å². The van der Waals surface area contributed by atoms with Crippen LogP contribution in [-0.4, -0.2) is 71.7 Å². The molecule has 1 fully saturated rings. The fourth-order valence-corrected chi connectivity index (χ4v) is 2.66. The minimum Gasteiger partial charge on any atom is -0.387 e. The van der Waals surface area contributed by atoms with E-state index in [1.807, 2.05) is 0 Å². The number of rotatable bonds is 4. The van der Waals surface area contributed by atoms with Crippen LogP contribution in [0.15, 0.2) is 12.7 Å². The summed E-state index contributed by atoms with van der Waals surface area (Å²) in [6.45, 7) is 2.00. The molecule has 5 atom stereocenters. The average Bonchev–Trinajstić information content (AvgIpc) is 3.11. The number of imidazole rings is 1. The van der Waals surface area contributed by atoms with Gasteiger partial charge in [0.1, 0.15) is 30.2 Å². The molecule has 6 N–H and O–H groups in total. The second-order valence-electron chi connectivity index (χ2n) is 5.39.